The molecule has 0 saturated carbocycles. The third kappa shape index (κ3) is 4.16. The average molecular weight is 339 g/mol. The Bertz CT molecular complexity index is 660. The molecule has 0 radical (unpaired) electrons. The van der Waals surface area contributed by atoms with Crippen molar-refractivity contribution in [2.45, 2.75) is 6.36 Å². The van der Waals surface area contributed by atoms with Crippen LogP contribution in [0.15, 0.2) is 22.3 Å². The third-order valence-corrected chi connectivity index (χ3v) is 3.10. The number of halogens is 5. The maximum Gasteiger partial charge on any atom is 0.573 e. The molecular weight excluding hydrogens is 333 g/mol. The number of thioether (sulfide) groups is 1. The van der Waals surface area contributed by atoms with Crippen molar-refractivity contribution >= 4 is 29.1 Å². The van der Waals surface area contributed by atoms with Gasteiger partial charge in [0.15, 0.2) is 16.7 Å². The Balaban J connectivity index is 2.16. The first kappa shape index (κ1) is 16.2. The molecule has 0 aliphatic carbocycles. The van der Waals surface area contributed by atoms with Crippen LogP contribution in [0, 0.1) is 11.6 Å². The molecule has 0 aromatic heterocycles. The summed E-state index contributed by atoms with van der Waals surface area (Å²) >= 11 is 1.06. The van der Waals surface area contributed by atoms with Gasteiger partial charge in [-0.05, 0) is 12.1 Å². The summed E-state index contributed by atoms with van der Waals surface area (Å²) in [5.41, 5.74) is -0.425. The molecule has 1 saturated heterocycles. The van der Waals surface area contributed by atoms with Crippen LogP contribution in [0.4, 0.5) is 22.0 Å². The van der Waals surface area contributed by atoms with Crippen molar-refractivity contribution in [1.29, 1.82) is 0 Å². The summed E-state index contributed by atoms with van der Waals surface area (Å²) in [7, 11) is 0. The van der Waals surface area contributed by atoms with Gasteiger partial charge >= 0.3 is 6.36 Å². The summed E-state index contributed by atoms with van der Waals surface area (Å²) in [6, 6.07) is 1.47. The summed E-state index contributed by atoms with van der Waals surface area (Å²) in [5.74, 6) is -4.75. The van der Waals surface area contributed by atoms with Gasteiger partial charge < -0.3 is 10.1 Å². The van der Waals surface area contributed by atoms with Gasteiger partial charge in [-0.3, -0.25) is 4.79 Å². The SMILES string of the molecule is O=C1CSC(=NN=Cc2ccc(OC(F)(F)F)c(F)c2F)N1. The number of rotatable bonds is 3. The Morgan fingerprint density at radius 1 is 1.27 bits per heavy atom. The lowest BCUT2D eigenvalue weighted by Crippen LogP contribution is -2.19. The van der Waals surface area contributed by atoms with Crippen LogP contribution in [-0.2, 0) is 4.79 Å². The molecule has 2 rings (SSSR count). The molecule has 0 bridgehead atoms. The van der Waals surface area contributed by atoms with Crippen molar-refractivity contribution in [3.8, 4) is 5.75 Å². The molecule has 5 nitrogen and oxygen atoms in total. The van der Waals surface area contributed by atoms with Gasteiger partial charge in [-0.2, -0.15) is 9.49 Å². The topological polar surface area (TPSA) is 63.0 Å². The lowest BCUT2D eigenvalue weighted by atomic mass is 10.2. The lowest BCUT2D eigenvalue weighted by molar-refractivity contribution is -0.275. The predicted octanol–water partition coefficient (Wildman–Crippen LogP) is 2.42. The highest BCUT2D eigenvalue weighted by molar-refractivity contribution is 8.15. The minimum Gasteiger partial charge on any atom is -0.403 e. The summed E-state index contributed by atoms with van der Waals surface area (Å²) in [6.07, 6.45) is -4.33. The standard InChI is InChI=1S/C11H6F5N3O2S/c12-8-5(3-17-19-10-18-7(20)4-22-10)1-2-6(9(8)13)21-11(14,15)16/h1-3H,4H2,(H,18,19,20). The zero-order valence-corrected chi connectivity index (χ0v) is 11.3. The first-order valence-corrected chi connectivity index (χ1v) is 6.52. The van der Waals surface area contributed by atoms with Gasteiger partial charge in [0, 0.05) is 5.56 Å². The number of carbonyl (C=O) groups excluding carboxylic acids is 1. The number of benzene rings is 1. The van der Waals surface area contributed by atoms with Gasteiger partial charge in [0.1, 0.15) is 0 Å². The maximum atomic E-state index is 13.6. The molecule has 0 spiro atoms. The van der Waals surface area contributed by atoms with Crippen LogP contribution in [-0.4, -0.2) is 29.4 Å². The van der Waals surface area contributed by atoms with Crippen LogP contribution in [0.1, 0.15) is 5.56 Å². The summed E-state index contributed by atoms with van der Waals surface area (Å²) < 4.78 is 66.2. The van der Waals surface area contributed by atoms with E-state index in [9.17, 15) is 26.7 Å². The Kier molecular flexibility index (Phi) is 4.64. The average Bonchev–Trinajstić information content (AvgIpc) is 2.82. The molecule has 1 heterocycles. The van der Waals surface area contributed by atoms with Gasteiger partial charge in [0.25, 0.3) is 0 Å². The molecule has 1 aromatic carbocycles. The molecular formula is C11H6F5N3O2S. The smallest absolute Gasteiger partial charge is 0.403 e. The van der Waals surface area contributed by atoms with E-state index in [4.69, 9.17) is 0 Å². The molecule has 1 amide bonds. The highest BCUT2D eigenvalue weighted by Crippen LogP contribution is 2.27. The fourth-order valence-corrected chi connectivity index (χ4v) is 2.00. The molecule has 1 fully saturated rings. The number of amidine groups is 1. The first-order valence-electron chi connectivity index (χ1n) is 5.53. The summed E-state index contributed by atoms with van der Waals surface area (Å²) in [5, 5.41) is 9.49. The summed E-state index contributed by atoms with van der Waals surface area (Å²) in [6.45, 7) is 0. The zero-order valence-electron chi connectivity index (χ0n) is 10.4. The van der Waals surface area contributed by atoms with E-state index in [1.807, 2.05) is 0 Å². The number of ether oxygens (including phenoxy) is 1. The normalized spacial score (nSPS) is 17.3. The number of nitrogens with zero attached hydrogens (tertiary/aromatic N) is 2. The fourth-order valence-electron chi connectivity index (χ4n) is 1.37. The second-order valence-corrected chi connectivity index (χ2v) is 4.78. The van der Waals surface area contributed by atoms with Gasteiger partial charge in [0.05, 0.1) is 12.0 Å². The highest BCUT2D eigenvalue weighted by Gasteiger charge is 2.33. The fraction of sp³-hybridized carbons (Fsp3) is 0.182. The molecule has 1 N–H and O–H groups in total. The number of hydrogen-bond donors (Lipinski definition) is 1. The van der Waals surface area contributed by atoms with Gasteiger partial charge in [-0.25, -0.2) is 4.39 Å². The molecule has 1 aliphatic rings. The maximum absolute atomic E-state index is 13.6. The Morgan fingerprint density at radius 2 is 2.00 bits per heavy atom. The van der Waals surface area contributed by atoms with Crippen LogP contribution < -0.4 is 10.1 Å². The zero-order chi connectivity index (χ0) is 16.3. The van der Waals surface area contributed by atoms with Crippen molar-refractivity contribution in [2.24, 2.45) is 10.2 Å². The predicted molar refractivity (Wildman–Crippen MR) is 68.7 cm³/mol. The van der Waals surface area contributed by atoms with Crippen molar-refractivity contribution in [3.05, 3.63) is 29.3 Å². The largest absolute Gasteiger partial charge is 0.573 e. The molecule has 118 valence electrons. The van der Waals surface area contributed by atoms with Crippen molar-refractivity contribution < 1.29 is 31.5 Å². The van der Waals surface area contributed by atoms with E-state index in [1.165, 1.54) is 0 Å². The number of hydrogen-bond acceptors (Lipinski definition) is 5. The molecule has 0 unspecified atom stereocenters. The third-order valence-electron chi connectivity index (χ3n) is 2.23. The highest BCUT2D eigenvalue weighted by atomic mass is 32.2. The van der Waals surface area contributed by atoms with Crippen LogP contribution in [0.3, 0.4) is 0 Å². The van der Waals surface area contributed by atoms with Crippen LogP contribution in [0.2, 0.25) is 0 Å². The number of nitrogens with one attached hydrogen (secondary N) is 1. The van der Waals surface area contributed by atoms with E-state index in [0.29, 0.717) is 6.07 Å². The molecule has 11 heteroatoms. The lowest BCUT2D eigenvalue weighted by Gasteiger charge is -2.10. The van der Waals surface area contributed by atoms with Crippen molar-refractivity contribution in [3.63, 3.8) is 0 Å². The Hall–Kier alpha value is -2.17. The number of amides is 1. The van der Waals surface area contributed by atoms with Crippen LogP contribution in [0.5, 0.6) is 5.75 Å². The van der Waals surface area contributed by atoms with Gasteiger partial charge in [-0.15, -0.1) is 18.3 Å². The second kappa shape index (κ2) is 6.30. The summed E-state index contributed by atoms with van der Waals surface area (Å²) in [4.78, 5) is 10.9. The van der Waals surface area contributed by atoms with Crippen LogP contribution >= 0.6 is 11.8 Å². The Labute approximate surface area is 124 Å². The van der Waals surface area contributed by atoms with E-state index >= 15 is 0 Å². The van der Waals surface area contributed by atoms with Gasteiger partial charge in [-0.1, -0.05) is 11.8 Å². The molecule has 0 atom stereocenters. The monoisotopic (exact) mass is 339 g/mol. The minimum atomic E-state index is -5.13. The van der Waals surface area contributed by atoms with Crippen molar-refractivity contribution in [2.75, 3.05) is 5.75 Å². The number of carbonyl (C=O) groups is 1. The van der Waals surface area contributed by atoms with E-state index in [-0.39, 0.29) is 16.8 Å². The van der Waals surface area contributed by atoms with Crippen molar-refractivity contribution in [1.82, 2.24) is 5.32 Å². The second-order valence-electron chi connectivity index (χ2n) is 3.82. The van der Waals surface area contributed by atoms with Gasteiger partial charge in [0.2, 0.25) is 11.7 Å². The Morgan fingerprint density at radius 3 is 2.59 bits per heavy atom. The molecule has 1 aliphatic heterocycles. The van der Waals surface area contributed by atoms with E-state index in [0.717, 1.165) is 24.0 Å². The first-order chi connectivity index (χ1) is 10.3. The van der Waals surface area contributed by atoms with E-state index < -0.39 is 29.3 Å². The quantitative estimate of drug-likeness (QED) is 0.523. The minimum absolute atomic E-state index is 0.167. The van der Waals surface area contributed by atoms with E-state index in [2.05, 4.69) is 20.3 Å². The van der Waals surface area contributed by atoms with E-state index in [1.54, 1.807) is 0 Å². The molecule has 1 aromatic rings. The van der Waals surface area contributed by atoms with Crippen LogP contribution in [0.25, 0.3) is 0 Å². The number of alkyl halides is 3. The molecule has 22 heavy (non-hydrogen) atoms.